The summed E-state index contributed by atoms with van der Waals surface area (Å²) in [4.78, 5) is 21.5. The number of halogens is 7. The molecule has 12 heteroatoms. The molecule has 0 bridgehead atoms. The Morgan fingerprint density at radius 2 is 1.64 bits per heavy atom. The maximum atomic E-state index is 13.3. The quantitative estimate of drug-likeness (QED) is 0.833. The van der Waals surface area contributed by atoms with E-state index < -0.39 is 47.2 Å². The second-order valence-electron chi connectivity index (χ2n) is 3.60. The number of benzene rings is 1. The maximum absolute atomic E-state index is 13.3. The predicted octanol–water partition coefficient (Wildman–Crippen LogP) is 2.92. The van der Waals surface area contributed by atoms with Crippen LogP contribution < -0.4 is 10.1 Å². The first-order valence-corrected chi connectivity index (χ1v) is 5.02. The van der Waals surface area contributed by atoms with E-state index in [1.165, 1.54) is 0 Å². The zero-order valence-corrected chi connectivity index (χ0v) is 9.97. The fourth-order valence-electron chi connectivity index (χ4n) is 1.29. The number of carbonyl (C=O) groups is 2. The number of nitrogens with one attached hydrogen (secondary N) is 1. The largest absolute Gasteiger partial charge is 0.573 e. The highest BCUT2D eigenvalue weighted by Crippen LogP contribution is 2.35. The molecule has 2 N–H and O–H groups in total. The van der Waals surface area contributed by atoms with Gasteiger partial charge in [-0.25, -0.2) is 9.18 Å². The summed E-state index contributed by atoms with van der Waals surface area (Å²) >= 11 is 0. The van der Waals surface area contributed by atoms with E-state index in [1.807, 2.05) is 0 Å². The fourth-order valence-corrected chi connectivity index (χ4v) is 1.29. The topological polar surface area (TPSA) is 75.6 Å². The highest BCUT2D eigenvalue weighted by Gasteiger charge is 2.41. The van der Waals surface area contributed by atoms with Crippen LogP contribution in [0.3, 0.4) is 0 Å². The second kappa shape index (κ2) is 5.69. The van der Waals surface area contributed by atoms with Crippen LogP contribution >= 0.6 is 0 Å². The molecule has 0 spiro atoms. The van der Waals surface area contributed by atoms with Crippen LogP contribution in [0, 0.1) is 5.82 Å². The normalized spacial score (nSPS) is 12.0. The molecule has 1 amide bonds. The Kier molecular flexibility index (Phi) is 4.53. The first-order chi connectivity index (χ1) is 9.83. The van der Waals surface area contributed by atoms with Crippen LogP contribution in [0.15, 0.2) is 12.1 Å². The number of hydrogen-bond acceptors (Lipinski definition) is 3. The van der Waals surface area contributed by atoms with E-state index in [9.17, 15) is 40.3 Å². The van der Waals surface area contributed by atoms with E-state index in [0.717, 1.165) is 5.32 Å². The molecule has 0 heterocycles. The first kappa shape index (κ1) is 17.5. The minimum Gasteiger partial charge on any atom is -0.478 e. The van der Waals surface area contributed by atoms with Crippen molar-refractivity contribution in [2.45, 2.75) is 12.5 Å². The van der Waals surface area contributed by atoms with E-state index in [0.29, 0.717) is 0 Å². The van der Waals surface area contributed by atoms with Gasteiger partial charge in [-0.2, -0.15) is 13.2 Å². The van der Waals surface area contributed by atoms with Crippen molar-refractivity contribution in [3.63, 3.8) is 0 Å². The lowest BCUT2D eigenvalue weighted by Crippen LogP contribution is -2.31. The number of aromatic carboxylic acids is 1. The minimum atomic E-state index is -5.54. The average molecular weight is 335 g/mol. The van der Waals surface area contributed by atoms with Crippen LogP contribution in [0.5, 0.6) is 5.75 Å². The SMILES string of the molecule is O=C(O)c1c(F)ccc(OC(F)(F)F)c1NC(=O)C(F)(F)F. The molecule has 1 aromatic rings. The van der Waals surface area contributed by atoms with E-state index in [-0.39, 0.29) is 12.1 Å². The molecule has 0 atom stereocenters. The molecule has 0 aliphatic heterocycles. The number of hydrogen-bond donors (Lipinski definition) is 2. The van der Waals surface area contributed by atoms with Gasteiger partial charge < -0.3 is 15.2 Å². The number of amides is 1. The number of carboxylic acids is 1. The molecule has 0 aliphatic rings. The van der Waals surface area contributed by atoms with Crippen molar-refractivity contribution in [2.24, 2.45) is 0 Å². The van der Waals surface area contributed by atoms with Crippen molar-refractivity contribution in [1.82, 2.24) is 0 Å². The first-order valence-electron chi connectivity index (χ1n) is 5.02. The molecule has 0 saturated heterocycles. The Hall–Kier alpha value is -2.53. The van der Waals surface area contributed by atoms with Crippen molar-refractivity contribution in [3.05, 3.63) is 23.5 Å². The smallest absolute Gasteiger partial charge is 0.478 e. The molecule has 0 fully saturated rings. The van der Waals surface area contributed by atoms with Crippen LogP contribution in [0.2, 0.25) is 0 Å². The van der Waals surface area contributed by atoms with Gasteiger partial charge in [-0.1, -0.05) is 0 Å². The third-order valence-corrected chi connectivity index (χ3v) is 2.05. The number of anilines is 1. The third kappa shape index (κ3) is 4.23. The number of carbonyl (C=O) groups excluding carboxylic acids is 1. The lowest BCUT2D eigenvalue weighted by atomic mass is 10.1. The van der Waals surface area contributed by atoms with Gasteiger partial charge in [-0.15, -0.1) is 13.2 Å². The molecule has 1 rings (SSSR count). The van der Waals surface area contributed by atoms with Crippen molar-refractivity contribution in [3.8, 4) is 5.75 Å². The number of ether oxygens (including phenoxy) is 1. The van der Waals surface area contributed by atoms with E-state index in [1.54, 1.807) is 0 Å². The lowest BCUT2D eigenvalue weighted by Gasteiger charge is -2.17. The molecular weight excluding hydrogens is 331 g/mol. The van der Waals surface area contributed by atoms with Crippen molar-refractivity contribution in [1.29, 1.82) is 0 Å². The van der Waals surface area contributed by atoms with Crippen molar-refractivity contribution < 1.29 is 50.2 Å². The molecule has 0 aliphatic carbocycles. The minimum absolute atomic E-state index is 0.223. The summed E-state index contributed by atoms with van der Waals surface area (Å²) in [5.41, 5.74) is -3.22. The van der Waals surface area contributed by atoms with E-state index in [4.69, 9.17) is 5.11 Å². The van der Waals surface area contributed by atoms with Gasteiger partial charge in [0.1, 0.15) is 17.1 Å². The highest BCUT2D eigenvalue weighted by molar-refractivity contribution is 6.04. The summed E-state index contributed by atoms with van der Waals surface area (Å²) in [5, 5.41) is 9.53. The molecular formula is C10H4F7NO4. The third-order valence-electron chi connectivity index (χ3n) is 2.05. The Balaban J connectivity index is 3.44. The maximum Gasteiger partial charge on any atom is 0.573 e. The summed E-state index contributed by atoms with van der Waals surface area (Å²) in [6.07, 6.45) is -11.0. The summed E-state index contributed by atoms with van der Waals surface area (Å²) in [6, 6.07) is 0.453. The Bertz CT molecular complexity index is 609. The van der Waals surface area contributed by atoms with Crippen LogP contribution in [0.1, 0.15) is 10.4 Å². The standard InChI is InChI=1S/C10H4F7NO4/c11-3-1-2-4(22-10(15,16)17)6(5(3)7(19)20)18-8(21)9(12,13)14/h1-2H,(H,18,21)(H,19,20). The summed E-state index contributed by atoms with van der Waals surface area (Å²) < 4.78 is 89.3. The predicted molar refractivity (Wildman–Crippen MR) is 54.7 cm³/mol. The Labute approximate surface area is 116 Å². The van der Waals surface area contributed by atoms with Gasteiger partial charge in [-0.05, 0) is 12.1 Å². The molecule has 0 aromatic heterocycles. The summed E-state index contributed by atoms with van der Waals surface area (Å²) in [5.74, 6) is -8.18. The Morgan fingerprint density at radius 1 is 1.09 bits per heavy atom. The molecule has 0 saturated carbocycles. The summed E-state index contributed by atoms with van der Waals surface area (Å²) in [7, 11) is 0. The molecule has 0 radical (unpaired) electrons. The molecule has 1 aromatic carbocycles. The molecule has 5 nitrogen and oxygen atoms in total. The van der Waals surface area contributed by atoms with E-state index in [2.05, 4.69) is 4.74 Å². The zero-order chi connectivity index (χ0) is 17.3. The molecule has 0 unspecified atom stereocenters. The van der Waals surface area contributed by atoms with Gasteiger partial charge in [-0.3, -0.25) is 4.79 Å². The number of alkyl halides is 6. The Morgan fingerprint density at radius 3 is 2.05 bits per heavy atom. The lowest BCUT2D eigenvalue weighted by molar-refractivity contribution is -0.274. The highest BCUT2D eigenvalue weighted by atomic mass is 19.4. The van der Waals surface area contributed by atoms with Crippen LogP contribution in [-0.4, -0.2) is 29.5 Å². The second-order valence-corrected chi connectivity index (χ2v) is 3.60. The van der Waals surface area contributed by atoms with Gasteiger partial charge in [0.15, 0.2) is 5.75 Å². The van der Waals surface area contributed by atoms with Crippen LogP contribution in [0.25, 0.3) is 0 Å². The average Bonchev–Trinajstić information content (AvgIpc) is 2.29. The molecule has 122 valence electrons. The molecule has 22 heavy (non-hydrogen) atoms. The zero-order valence-electron chi connectivity index (χ0n) is 9.97. The van der Waals surface area contributed by atoms with Crippen LogP contribution in [-0.2, 0) is 4.79 Å². The van der Waals surface area contributed by atoms with Crippen LogP contribution in [0.4, 0.5) is 36.4 Å². The van der Waals surface area contributed by atoms with Gasteiger partial charge >= 0.3 is 24.4 Å². The van der Waals surface area contributed by atoms with E-state index >= 15 is 0 Å². The number of carboxylic acid groups (broad SMARTS) is 1. The fraction of sp³-hybridized carbons (Fsp3) is 0.200. The summed E-state index contributed by atoms with van der Waals surface area (Å²) in [6.45, 7) is 0. The number of rotatable bonds is 3. The monoisotopic (exact) mass is 335 g/mol. The van der Waals surface area contributed by atoms with Gasteiger partial charge in [0.2, 0.25) is 0 Å². The van der Waals surface area contributed by atoms with Crippen molar-refractivity contribution >= 4 is 17.6 Å². The van der Waals surface area contributed by atoms with Gasteiger partial charge in [0.05, 0.1) is 0 Å². The van der Waals surface area contributed by atoms with Gasteiger partial charge in [0.25, 0.3) is 0 Å². The van der Waals surface area contributed by atoms with Crippen molar-refractivity contribution in [2.75, 3.05) is 5.32 Å². The van der Waals surface area contributed by atoms with Gasteiger partial charge in [0, 0.05) is 0 Å².